The second-order valence-electron chi connectivity index (χ2n) is 4.53. The first kappa shape index (κ1) is 13.2. The predicted molar refractivity (Wildman–Crippen MR) is 62.3 cm³/mol. The van der Waals surface area contributed by atoms with E-state index in [-0.39, 0.29) is 11.2 Å². The number of hydrogen-bond acceptors (Lipinski definition) is 1. The summed E-state index contributed by atoms with van der Waals surface area (Å²) in [5.41, 5.74) is 2.11. The largest absolute Gasteiger partial charge is 0.295 e. The van der Waals surface area contributed by atoms with Crippen LogP contribution >= 0.6 is 0 Å². The van der Waals surface area contributed by atoms with Gasteiger partial charge in [-0.3, -0.25) is 4.79 Å². The van der Waals surface area contributed by atoms with Crippen molar-refractivity contribution in [1.82, 2.24) is 0 Å². The first-order chi connectivity index (χ1) is 6.30. The minimum absolute atomic E-state index is 0.0849. The molecule has 0 amide bonds. The van der Waals surface area contributed by atoms with E-state index in [1.807, 2.05) is 13.8 Å². The number of Topliss-reactive ketones (excluding diaryl/α,β-unsaturated/α-hetero) is 1. The lowest BCUT2D eigenvalue weighted by molar-refractivity contribution is -0.113. The Hall–Kier alpha value is -0.850. The molecule has 0 aromatic heterocycles. The summed E-state index contributed by atoms with van der Waals surface area (Å²) in [6, 6.07) is 0. The molecule has 1 nitrogen and oxygen atoms in total. The van der Waals surface area contributed by atoms with E-state index in [0.29, 0.717) is 0 Å². The van der Waals surface area contributed by atoms with Gasteiger partial charge in [-0.2, -0.15) is 0 Å². The number of carbonyl (C=O) groups is 1. The average Bonchev–Trinajstić information content (AvgIpc) is 2.02. The Labute approximate surface area is 87.9 Å². The Morgan fingerprint density at radius 2 is 1.86 bits per heavy atom. The second-order valence-corrected chi connectivity index (χ2v) is 4.53. The minimum Gasteiger partial charge on any atom is -0.295 e. The van der Waals surface area contributed by atoms with Crippen LogP contribution in [0.4, 0.5) is 0 Å². The van der Waals surface area contributed by atoms with Gasteiger partial charge in [-0.15, -0.1) is 6.58 Å². The second kappa shape index (κ2) is 5.14. The maximum atomic E-state index is 11.1. The highest BCUT2D eigenvalue weighted by molar-refractivity contribution is 5.92. The lowest BCUT2D eigenvalue weighted by Gasteiger charge is -2.25. The summed E-state index contributed by atoms with van der Waals surface area (Å²) in [6.07, 6.45) is 4.07. The van der Waals surface area contributed by atoms with Crippen molar-refractivity contribution in [2.75, 3.05) is 0 Å². The van der Waals surface area contributed by atoms with Crippen LogP contribution in [0.25, 0.3) is 0 Å². The van der Waals surface area contributed by atoms with Crippen LogP contribution < -0.4 is 0 Å². The van der Waals surface area contributed by atoms with Crippen molar-refractivity contribution in [3.63, 3.8) is 0 Å². The van der Waals surface area contributed by atoms with Crippen LogP contribution in [0.15, 0.2) is 23.8 Å². The van der Waals surface area contributed by atoms with Crippen molar-refractivity contribution in [2.24, 2.45) is 5.41 Å². The van der Waals surface area contributed by atoms with E-state index in [1.165, 1.54) is 5.57 Å². The SMILES string of the molecule is C=C(C)CC(C)(/C=C(\C)C(C)=O)CC. The lowest BCUT2D eigenvalue weighted by Crippen LogP contribution is -2.14. The van der Waals surface area contributed by atoms with E-state index in [2.05, 4.69) is 26.5 Å². The Balaban J connectivity index is 4.78. The van der Waals surface area contributed by atoms with Gasteiger partial charge < -0.3 is 0 Å². The van der Waals surface area contributed by atoms with E-state index < -0.39 is 0 Å². The molecule has 1 unspecified atom stereocenters. The molecule has 0 saturated heterocycles. The van der Waals surface area contributed by atoms with Crippen molar-refractivity contribution >= 4 is 5.78 Å². The van der Waals surface area contributed by atoms with Crippen LogP contribution in [0.2, 0.25) is 0 Å². The Morgan fingerprint density at radius 1 is 1.36 bits per heavy atom. The molecule has 0 aliphatic rings. The van der Waals surface area contributed by atoms with Gasteiger partial charge in [-0.05, 0) is 44.6 Å². The molecule has 0 aliphatic carbocycles. The highest BCUT2D eigenvalue weighted by Gasteiger charge is 2.19. The minimum atomic E-state index is 0.0849. The topological polar surface area (TPSA) is 17.1 Å². The zero-order chi connectivity index (χ0) is 11.4. The standard InChI is InChI=1S/C13H22O/c1-7-13(6,8-10(2)3)9-11(4)12(5)14/h9H,2,7-8H2,1,3-6H3/b11-9+. The van der Waals surface area contributed by atoms with Crippen LogP contribution in [0.5, 0.6) is 0 Å². The third kappa shape index (κ3) is 4.40. The van der Waals surface area contributed by atoms with Gasteiger partial charge in [0.25, 0.3) is 0 Å². The fraction of sp³-hybridized carbons (Fsp3) is 0.615. The average molecular weight is 194 g/mol. The van der Waals surface area contributed by atoms with E-state index in [1.54, 1.807) is 6.92 Å². The van der Waals surface area contributed by atoms with Crippen LogP contribution in [-0.4, -0.2) is 5.78 Å². The van der Waals surface area contributed by atoms with E-state index in [4.69, 9.17) is 0 Å². The molecule has 0 spiro atoms. The van der Waals surface area contributed by atoms with Crippen LogP contribution in [0.1, 0.15) is 47.5 Å². The molecule has 0 saturated carbocycles. The molecular weight excluding hydrogens is 172 g/mol. The molecule has 0 bridgehead atoms. The van der Waals surface area contributed by atoms with Crippen molar-refractivity contribution < 1.29 is 4.79 Å². The van der Waals surface area contributed by atoms with Crippen LogP contribution in [0, 0.1) is 5.41 Å². The summed E-state index contributed by atoms with van der Waals surface area (Å²) in [5, 5.41) is 0. The molecule has 0 fully saturated rings. The third-order valence-corrected chi connectivity index (χ3v) is 2.63. The third-order valence-electron chi connectivity index (χ3n) is 2.63. The first-order valence-corrected chi connectivity index (χ1v) is 5.15. The molecular formula is C13H22O. The quantitative estimate of drug-likeness (QED) is 0.479. The molecule has 0 radical (unpaired) electrons. The number of carbonyl (C=O) groups excluding carboxylic acids is 1. The molecule has 0 aromatic rings. The molecule has 80 valence electrons. The van der Waals surface area contributed by atoms with Gasteiger partial charge in [0.15, 0.2) is 5.78 Å². The van der Waals surface area contributed by atoms with Crippen molar-refractivity contribution in [3.05, 3.63) is 23.8 Å². The summed E-state index contributed by atoms with van der Waals surface area (Å²) in [5.74, 6) is 0.159. The zero-order valence-corrected chi connectivity index (χ0v) is 10.1. The monoisotopic (exact) mass is 194 g/mol. The Bertz CT molecular complexity index is 260. The molecule has 0 rings (SSSR count). The van der Waals surface area contributed by atoms with Gasteiger partial charge in [0.1, 0.15) is 0 Å². The zero-order valence-electron chi connectivity index (χ0n) is 10.1. The molecule has 1 atom stereocenters. The summed E-state index contributed by atoms with van der Waals surface area (Å²) < 4.78 is 0. The number of hydrogen-bond donors (Lipinski definition) is 0. The Morgan fingerprint density at radius 3 is 2.14 bits per heavy atom. The highest BCUT2D eigenvalue weighted by atomic mass is 16.1. The van der Waals surface area contributed by atoms with Gasteiger partial charge in [-0.1, -0.05) is 25.5 Å². The molecule has 0 aliphatic heterocycles. The van der Waals surface area contributed by atoms with Crippen LogP contribution in [0.3, 0.4) is 0 Å². The normalized spacial score (nSPS) is 16.2. The molecule has 0 N–H and O–H groups in total. The maximum absolute atomic E-state index is 11.1. The van der Waals surface area contributed by atoms with Gasteiger partial charge in [0, 0.05) is 0 Å². The number of ketones is 1. The molecule has 1 heteroatoms. The van der Waals surface area contributed by atoms with Crippen molar-refractivity contribution in [1.29, 1.82) is 0 Å². The summed E-state index contributed by atoms with van der Waals surface area (Å²) in [6.45, 7) is 13.8. The van der Waals surface area contributed by atoms with E-state index in [0.717, 1.165) is 18.4 Å². The fourth-order valence-electron chi connectivity index (χ4n) is 1.59. The molecule has 0 heterocycles. The number of allylic oxidation sites excluding steroid dienone is 3. The lowest BCUT2D eigenvalue weighted by atomic mass is 9.80. The van der Waals surface area contributed by atoms with Crippen molar-refractivity contribution in [3.8, 4) is 0 Å². The Kier molecular flexibility index (Phi) is 4.82. The fourth-order valence-corrected chi connectivity index (χ4v) is 1.59. The predicted octanol–water partition coefficient (Wildman–Crippen LogP) is 3.90. The molecule has 0 aromatic carbocycles. The summed E-state index contributed by atoms with van der Waals surface area (Å²) in [4.78, 5) is 11.1. The summed E-state index contributed by atoms with van der Waals surface area (Å²) >= 11 is 0. The van der Waals surface area contributed by atoms with E-state index in [9.17, 15) is 4.79 Å². The first-order valence-electron chi connectivity index (χ1n) is 5.15. The highest BCUT2D eigenvalue weighted by Crippen LogP contribution is 2.31. The van der Waals surface area contributed by atoms with E-state index >= 15 is 0 Å². The van der Waals surface area contributed by atoms with Crippen molar-refractivity contribution in [2.45, 2.75) is 47.5 Å². The van der Waals surface area contributed by atoms with Gasteiger partial charge in [-0.25, -0.2) is 0 Å². The van der Waals surface area contributed by atoms with Crippen LogP contribution in [-0.2, 0) is 4.79 Å². The smallest absolute Gasteiger partial charge is 0.155 e. The summed E-state index contributed by atoms with van der Waals surface area (Å²) in [7, 11) is 0. The van der Waals surface area contributed by atoms with Gasteiger partial charge in [0.2, 0.25) is 0 Å². The van der Waals surface area contributed by atoms with Gasteiger partial charge in [0.05, 0.1) is 0 Å². The maximum Gasteiger partial charge on any atom is 0.155 e. The molecule has 14 heavy (non-hydrogen) atoms. The van der Waals surface area contributed by atoms with Gasteiger partial charge >= 0.3 is 0 Å². The number of rotatable bonds is 5.